The molecule has 0 aliphatic carbocycles. The van der Waals surface area contributed by atoms with Gasteiger partial charge in [0.1, 0.15) is 0 Å². The third kappa shape index (κ3) is 4.78. The van der Waals surface area contributed by atoms with Crippen LogP contribution in [-0.2, 0) is 0 Å². The molecule has 1 aromatic heterocycles. The number of aromatic hydroxyl groups is 1. The van der Waals surface area contributed by atoms with Crippen LogP contribution in [0.4, 0.5) is 0 Å². The Balaban J connectivity index is 1.62. The second-order valence-corrected chi connectivity index (χ2v) is 7.85. The molecule has 2 N–H and O–H groups in total. The summed E-state index contributed by atoms with van der Waals surface area (Å²) in [5.74, 6) is 0.0702. The lowest BCUT2D eigenvalue weighted by atomic mass is 10.0. The van der Waals surface area contributed by atoms with Gasteiger partial charge in [0.2, 0.25) is 0 Å². The Labute approximate surface area is 193 Å². The smallest absolute Gasteiger partial charge is 0.272 e. The first kappa shape index (κ1) is 21.5. The number of pyridine rings is 1. The molecule has 160 valence electrons. The number of hydrazone groups is 1. The fraction of sp³-hybridized carbons (Fsp3) is 0.0800. The molecule has 1 heterocycles. The number of hydrogen-bond donors (Lipinski definition) is 2. The Morgan fingerprint density at radius 3 is 2.69 bits per heavy atom. The van der Waals surface area contributed by atoms with Gasteiger partial charge in [-0.15, -0.1) is 0 Å². The number of nitrogens with one attached hydrogen (secondary N) is 1. The number of aromatic nitrogens is 1. The average Bonchev–Trinajstić information content (AvgIpc) is 2.81. The summed E-state index contributed by atoms with van der Waals surface area (Å²) in [6.45, 7) is 2.27. The van der Waals surface area contributed by atoms with Crippen molar-refractivity contribution in [3.05, 3.63) is 88.4 Å². The summed E-state index contributed by atoms with van der Waals surface area (Å²) in [6.07, 6.45) is 1.50. The van der Waals surface area contributed by atoms with Crippen LogP contribution in [0.1, 0.15) is 22.8 Å². The number of benzene rings is 3. The Hall–Kier alpha value is -3.71. The van der Waals surface area contributed by atoms with Crippen molar-refractivity contribution in [2.24, 2.45) is 5.10 Å². The second kappa shape index (κ2) is 9.62. The number of phenolic OH excluding ortho intramolecular Hbond substituents is 1. The monoisotopic (exact) mass is 489 g/mol. The topological polar surface area (TPSA) is 83.8 Å². The SMILES string of the molecule is CCOc1cc(/C=N\NC(=O)c2cc(-c3ccc(Br)cc3)nc3ccccc23)ccc1O. The van der Waals surface area contributed by atoms with Gasteiger partial charge in [0, 0.05) is 15.4 Å². The minimum Gasteiger partial charge on any atom is -0.504 e. The molecule has 1 amide bonds. The third-order valence-electron chi connectivity index (χ3n) is 4.76. The van der Waals surface area contributed by atoms with Crippen molar-refractivity contribution in [1.82, 2.24) is 10.4 Å². The predicted molar refractivity (Wildman–Crippen MR) is 129 cm³/mol. The maximum absolute atomic E-state index is 13.0. The number of amides is 1. The number of nitrogens with zero attached hydrogens (tertiary/aromatic N) is 2. The maximum atomic E-state index is 13.0. The second-order valence-electron chi connectivity index (χ2n) is 6.94. The number of ether oxygens (including phenoxy) is 1. The lowest BCUT2D eigenvalue weighted by Crippen LogP contribution is -2.18. The zero-order chi connectivity index (χ0) is 22.5. The van der Waals surface area contributed by atoms with Crippen molar-refractivity contribution in [3.8, 4) is 22.8 Å². The molecule has 0 bridgehead atoms. The van der Waals surface area contributed by atoms with Gasteiger partial charge in [-0.1, -0.05) is 46.3 Å². The quantitative estimate of drug-likeness (QED) is 0.275. The normalized spacial score (nSPS) is 11.1. The molecule has 0 fully saturated rings. The molecule has 0 saturated heterocycles. The summed E-state index contributed by atoms with van der Waals surface area (Å²) < 4.78 is 6.34. The summed E-state index contributed by atoms with van der Waals surface area (Å²) in [4.78, 5) is 17.7. The largest absolute Gasteiger partial charge is 0.504 e. The Morgan fingerprint density at radius 1 is 1.12 bits per heavy atom. The van der Waals surface area contributed by atoms with Crippen LogP contribution in [0.25, 0.3) is 22.2 Å². The highest BCUT2D eigenvalue weighted by atomic mass is 79.9. The number of rotatable bonds is 6. The summed E-state index contributed by atoms with van der Waals surface area (Å²) in [5.41, 5.74) is 6.08. The van der Waals surface area contributed by atoms with Gasteiger partial charge in [-0.05, 0) is 55.0 Å². The van der Waals surface area contributed by atoms with Gasteiger partial charge in [-0.3, -0.25) is 4.79 Å². The highest BCUT2D eigenvalue weighted by molar-refractivity contribution is 9.10. The molecule has 0 spiro atoms. The molecule has 0 aliphatic rings. The van der Waals surface area contributed by atoms with Crippen LogP contribution in [0.3, 0.4) is 0 Å². The van der Waals surface area contributed by atoms with E-state index in [1.807, 2.05) is 55.5 Å². The minimum absolute atomic E-state index is 0.0526. The molecule has 0 aliphatic heterocycles. The lowest BCUT2D eigenvalue weighted by molar-refractivity contribution is 0.0956. The zero-order valence-corrected chi connectivity index (χ0v) is 18.8. The van der Waals surface area contributed by atoms with Crippen LogP contribution in [0.5, 0.6) is 11.5 Å². The standard InChI is InChI=1S/C25H20BrN3O3/c1-2-32-24-13-16(7-12-23(24)30)15-27-29-25(31)20-14-22(17-8-10-18(26)11-9-17)28-21-6-4-3-5-19(20)21/h3-15,30H,2H2,1H3,(H,29,31)/b27-15-. The van der Waals surface area contributed by atoms with Crippen LogP contribution in [0, 0.1) is 0 Å². The molecular formula is C25H20BrN3O3. The first-order valence-corrected chi connectivity index (χ1v) is 10.8. The van der Waals surface area contributed by atoms with Gasteiger partial charge < -0.3 is 9.84 Å². The van der Waals surface area contributed by atoms with Gasteiger partial charge >= 0.3 is 0 Å². The van der Waals surface area contributed by atoms with Crippen LogP contribution in [0.2, 0.25) is 0 Å². The van der Waals surface area contributed by atoms with E-state index in [0.717, 1.165) is 20.9 Å². The molecule has 0 saturated carbocycles. The number of phenols is 1. The van der Waals surface area contributed by atoms with E-state index in [-0.39, 0.29) is 11.7 Å². The Morgan fingerprint density at radius 2 is 1.91 bits per heavy atom. The maximum Gasteiger partial charge on any atom is 0.272 e. The lowest BCUT2D eigenvalue weighted by Gasteiger charge is -2.09. The van der Waals surface area contributed by atoms with E-state index in [2.05, 4.69) is 26.5 Å². The van der Waals surface area contributed by atoms with E-state index < -0.39 is 0 Å². The molecule has 4 rings (SSSR count). The number of para-hydroxylation sites is 1. The number of halogens is 1. The molecule has 0 radical (unpaired) electrons. The van der Waals surface area contributed by atoms with Crippen LogP contribution < -0.4 is 10.2 Å². The summed E-state index contributed by atoms with van der Waals surface area (Å²) in [7, 11) is 0. The van der Waals surface area contributed by atoms with Crippen LogP contribution >= 0.6 is 15.9 Å². The van der Waals surface area contributed by atoms with E-state index >= 15 is 0 Å². The van der Waals surface area contributed by atoms with E-state index in [0.29, 0.717) is 29.2 Å². The molecular weight excluding hydrogens is 470 g/mol. The molecule has 32 heavy (non-hydrogen) atoms. The number of carbonyl (C=O) groups excluding carboxylic acids is 1. The van der Waals surface area contributed by atoms with Gasteiger partial charge in [0.05, 0.1) is 29.6 Å². The van der Waals surface area contributed by atoms with E-state index in [1.54, 1.807) is 18.2 Å². The molecule has 6 nitrogen and oxygen atoms in total. The van der Waals surface area contributed by atoms with E-state index in [1.165, 1.54) is 12.3 Å². The third-order valence-corrected chi connectivity index (χ3v) is 5.29. The Bertz CT molecular complexity index is 1300. The molecule has 0 unspecified atom stereocenters. The van der Waals surface area contributed by atoms with Gasteiger partial charge in [0.25, 0.3) is 5.91 Å². The Kier molecular flexibility index (Phi) is 6.47. The van der Waals surface area contributed by atoms with Crippen molar-refractivity contribution in [1.29, 1.82) is 0 Å². The van der Waals surface area contributed by atoms with Crippen molar-refractivity contribution in [3.63, 3.8) is 0 Å². The number of hydrogen-bond acceptors (Lipinski definition) is 5. The van der Waals surface area contributed by atoms with Gasteiger partial charge in [0.15, 0.2) is 11.5 Å². The van der Waals surface area contributed by atoms with Crippen LogP contribution in [-0.4, -0.2) is 28.8 Å². The molecule has 7 heteroatoms. The van der Waals surface area contributed by atoms with Crippen molar-refractivity contribution in [2.45, 2.75) is 6.92 Å². The highest BCUT2D eigenvalue weighted by Crippen LogP contribution is 2.27. The average molecular weight is 490 g/mol. The van der Waals surface area contributed by atoms with Crippen molar-refractivity contribution in [2.75, 3.05) is 6.61 Å². The van der Waals surface area contributed by atoms with Gasteiger partial charge in [-0.2, -0.15) is 5.10 Å². The number of carbonyl (C=O) groups is 1. The zero-order valence-electron chi connectivity index (χ0n) is 17.2. The van der Waals surface area contributed by atoms with E-state index in [9.17, 15) is 9.90 Å². The van der Waals surface area contributed by atoms with Crippen molar-refractivity contribution >= 4 is 39.0 Å². The molecule has 0 atom stereocenters. The summed E-state index contributed by atoms with van der Waals surface area (Å²) in [6, 6.07) is 21.9. The fourth-order valence-corrected chi connectivity index (χ4v) is 3.50. The molecule has 4 aromatic rings. The molecule has 3 aromatic carbocycles. The first-order chi connectivity index (χ1) is 15.5. The fourth-order valence-electron chi connectivity index (χ4n) is 3.24. The van der Waals surface area contributed by atoms with E-state index in [4.69, 9.17) is 9.72 Å². The highest BCUT2D eigenvalue weighted by Gasteiger charge is 2.13. The van der Waals surface area contributed by atoms with Crippen molar-refractivity contribution < 1.29 is 14.6 Å². The van der Waals surface area contributed by atoms with Gasteiger partial charge in [-0.25, -0.2) is 10.4 Å². The van der Waals surface area contributed by atoms with Crippen LogP contribution in [0.15, 0.2) is 82.4 Å². The minimum atomic E-state index is -0.345. The number of fused-ring (bicyclic) bond motifs is 1. The summed E-state index contributed by atoms with van der Waals surface area (Å²) in [5, 5.41) is 14.6. The first-order valence-electron chi connectivity index (χ1n) is 10.00. The predicted octanol–water partition coefficient (Wildman–Crippen LogP) is 5.53. The summed E-state index contributed by atoms with van der Waals surface area (Å²) >= 11 is 3.44.